The normalized spacial score (nSPS) is 17.8. The molecule has 0 saturated heterocycles. The van der Waals surface area contributed by atoms with Gasteiger partial charge in [-0.3, -0.25) is 5.10 Å². The van der Waals surface area contributed by atoms with Crippen molar-refractivity contribution in [2.24, 2.45) is 0 Å². The summed E-state index contributed by atoms with van der Waals surface area (Å²) >= 11 is 0. The number of hydrogen-bond acceptors (Lipinski definition) is 6. The van der Waals surface area contributed by atoms with Crippen molar-refractivity contribution < 1.29 is 17.6 Å². The molecule has 0 atom stereocenters. The van der Waals surface area contributed by atoms with Gasteiger partial charge in [-0.05, 0) is 43.4 Å². The molecule has 1 aromatic carbocycles. The zero-order valence-electron chi connectivity index (χ0n) is 19.2. The van der Waals surface area contributed by atoms with E-state index in [9.17, 15) is 13.2 Å². The molecular weight excluding hydrogens is 462 g/mol. The van der Waals surface area contributed by atoms with Crippen molar-refractivity contribution in [3.05, 3.63) is 59.7 Å². The van der Waals surface area contributed by atoms with Crippen LogP contribution in [0.3, 0.4) is 0 Å². The minimum atomic E-state index is -4.39. The molecule has 7 nitrogen and oxygen atoms in total. The van der Waals surface area contributed by atoms with E-state index in [4.69, 9.17) is 0 Å². The number of alkyl halides is 3. The van der Waals surface area contributed by atoms with Crippen LogP contribution in [0.5, 0.6) is 0 Å². The van der Waals surface area contributed by atoms with Crippen LogP contribution in [0, 0.1) is 5.82 Å². The fraction of sp³-hybridized carbons (Fsp3) is 0.500. The predicted molar refractivity (Wildman–Crippen MR) is 122 cm³/mol. The molecule has 186 valence electrons. The fourth-order valence-electron chi connectivity index (χ4n) is 4.88. The van der Waals surface area contributed by atoms with Gasteiger partial charge in [0.15, 0.2) is 11.6 Å². The van der Waals surface area contributed by atoms with Gasteiger partial charge in [-0.25, -0.2) is 15.0 Å². The Bertz CT molecular complexity index is 1120. The predicted octanol–water partition coefficient (Wildman–Crippen LogP) is 5.24. The molecule has 35 heavy (non-hydrogen) atoms. The molecule has 5 rings (SSSR count). The maximum atomic E-state index is 15.6. The van der Waals surface area contributed by atoms with Gasteiger partial charge >= 0.3 is 6.18 Å². The highest BCUT2D eigenvalue weighted by atomic mass is 19.4. The van der Waals surface area contributed by atoms with Gasteiger partial charge in [0.05, 0.1) is 5.56 Å². The van der Waals surface area contributed by atoms with E-state index in [-0.39, 0.29) is 29.6 Å². The molecule has 2 N–H and O–H groups in total. The molecule has 3 aromatic rings. The van der Waals surface area contributed by atoms with Crippen molar-refractivity contribution in [1.82, 2.24) is 25.1 Å². The van der Waals surface area contributed by atoms with Crippen LogP contribution in [0.15, 0.2) is 36.9 Å². The number of nitrogens with one attached hydrogen (secondary N) is 2. The largest absolute Gasteiger partial charge is 0.416 e. The van der Waals surface area contributed by atoms with Crippen LogP contribution >= 0.6 is 0 Å². The summed E-state index contributed by atoms with van der Waals surface area (Å²) in [4.78, 5) is 14.6. The van der Waals surface area contributed by atoms with Crippen LogP contribution < -0.4 is 10.2 Å². The monoisotopic (exact) mass is 489 g/mol. The molecule has 2 saturated carbocycles. The first kappa shape index (κ1) is 23.5. The Labute approximate surface area is 200 Å². The van der Waals surface area contributed by atoms with Crippen molar-refractivity contribution >= 4 is 11.6 Å². The Morgan fingerprint density at radius 3 is 2.37 bits per heavy atom. The van der Waals surface area contributed by atoms with E-state index < -0.39 is 17.6 Å². The van der Waals surface area contributed by atoms with Gasteiger partial charge in [-0.1, -0.05) is 31.4 Å². The summed E-state index contributed by atoms with van der Waals surface area (Å²) in [6.45, 7) is 0.718. The summed E-state index contributed by atoms with van der Waals surface area (Å²) in [6, 6.07) is 5.06. The number of aromatic nitrogens is 5. The summed E-state index contributed by atoms with van der Waals surface area (Å²) in [7, 11) is 0. The van der Waals surface area contributed by atoms with E-state index in [0.717, 1.165) is 62.9 Å². The molecular formula is C24H27F4N7. The summed E-state index contributed by atoms with van der Waals surface area (Å²) in [5, 5.41) is 10.2. The third kappa shape index (κ3) is 5.08. The lowest BCUT2D eigenvalue weighted by atomic mass is 9.73. The summed E-state index contributed by atoms with van der Waals surface area (Å²) in [5.41, 5.74) is -0.325. The molecule has 0 aliphatic heterocycles. The second kappa shape index (κ2) is 9.43. The van der Waals surface area contributed by atoms with Crippen molar-refractivity contribution in [3.8, 4) is 0 Å². The first-order valence-electron chi connectivity index (χ1n) is 11.9. The van der Waals surface area contributed by atoms with Gasteiger partial charge in [-0.2, -0.15) is 22.7 Å². The van der Waals surface area contributed by atoms with E-state index in [1.54, 1.807) is 0 Å². The summed E-state index contributed by atoms with van der Waals surface area (Å²) < 4.78 is 54.4. The van der Waals surface area contributed by atoms with E-state index in [2.05, 4.69) is 30.5 Å². The van der Waals surface area contributed by atoms with Gasteiger partial charge in [0.1, 0.15) is 18.5 Å². The highest BCUT2D eigenvalue weighted by molar-refractivity contribution is 5.53. The second-order valence-corrected chi connectivity index (χ2v) is 9.44. The third-order valence-electron chi connectivity index (χ3n) is 6.99. The molecule has 0 unspecified atom stereocenters. The topological polar surface area (TPSA) is 82.6 Å². The van der Waals surface area contributed by atoms with Crippen molar-refractivity contribution in [1.29, 1.82) is 0 Å². The Kier molecular flexibility index (Phi) is 6.33. The van der Waals surface area contributed by atoms with Crippen LogP contribution in [0.4, 0.5) is 29.2 Å². The first-order valence-corrected chi connectivity index (χ1v) is 11.9. The number of H-pyrrole nitrogens is 1. The minimum Gasteiger partial charge on any atom is -0.366 e. The Morgan fingerprint density at radius 2 is 1.74 bits per heavy atom. The minimum absolute atomic E-state index is 0.0911. The van der Waals surface area contributed by atoms with Gasteiger partial charge < -0.3 is 10.2 Å². The second-order valence-electron chi connectivity index (χ2n) is 9.44. The van der Waals surface area contributed by atoms with Crippen LogP contribution in [0.2, 0.25) is 0 Å². The van der Waals surface area contributed by atoms with Crippen molar-refractivity contribution in [3.63, 3.8) is 0 Å². The molecule has 2 aliphatic rings. The first-order chi connectivity index (χ1) is 16.9. The molecule has 0 spiro atoms. The lowest BCUT2D eigenvalue weighted by Gasteiger charge is -2.35. The molecule has 11 heteroatoms. The van der Waals surface area contributed by atoms with Gasteiger partial charge in [0.25, 0.3) is 0 Å². The molecule has 0 radical (unpaired) electrons. The Hall–Kier alpha value is -3.24. The fourth-order valence-corrected chi connectivity index (χ4v) is 4.88. The maximum Gasteiger partial charge on any atom is 0.416 e. The Morgan fingerprint density at radius 1 is 1.00 bits per heavy atom. The van der Waals surface area contributed by atoms with Gasteiger partial charge in [-0.15, -0.1) is 0 Å². The maximum absolute atomic E-state index is 15.6. The van der Waals surface area contributed by atoms with Crippen LogP contribution in [-0.4, -0.2) is 37.7 Å². The average molecular weight is 490 g/mol. The molecule has 2 aromatic heterocycles. The van der Waals surface area contributed by atoms with Crippen molar-refractivity contribution in [2.45, 2.75) is 69.1 Å². The van der Waals surface area contributed by atoms with E-state index in [1.165, 1.54) is 24.8 Å². The van der Waals surface area contributed by atoms with Crippen molar-refractivity contribution in [2.75, 3.05) is 16.8 Å². The number of hydrogen-bond donors (Lipinski definition) is 2. The van der Waals surface area contributed by atoms with E-state index in [0.29, 0.717) is 12.1 Å². The average Bonchev–Trinajstić information content (AvgIpc) is 3.54. The SMILES string of the molecule is Fc1c(NCC2(c3ncn[nH]3)CCCCC2)ncnc1N(Cc1ccc(C(F)(F)F)cc1)C1CC1. The molecule has 0 amide bonds. The van der Waals surface area contributed by atoms with Crippen LogP contribution in [-0.2, 0) is 18.1 Å². The standard InChI is InChI=1S/C24H27F4N7/c25-19-20(29-13-23(10-2-1-3-11-23)22-32-15-33-34-22)30-14-31-21(19)35(18-8-9-18)12-16-4-6-17(7-5-16)24(26,27)28/h4-7,14-15,18H,1-3,8-13H2,(H,29,30,31)(H,32,33,34). The van der Waals surface area contributed by atoms with Crippen LogP contribution in [0.25, 0.3) is 0 Å². The van der Waals surface area contributed by atoms with Gasteiger partial charge in [0.2, 0.25) is 5.82 Å². The third-order valence-corrected chi connectivity index (χ3v) is 6.99. The number of rotatable bonds is 8. The summed E-state index contributed by atoms with van der Waals surface area (Å²) in [5.74, 6) is 0.496. The summed E-state index contributed by atoms with van der Waals surface area (Å²) in [6.07, 6.45) is 5.27. The lowest BCUT2D eigenvalue weighted by molar-refractivity contribution is -0.137. The smallest absolute Gasteiger partial charge is 0.366 e. The zero-order valence-corrected chi connectivity index (χ0v) is 19.2. The Balaban J connectivity index is 1.35. The molecule has 2 fully saturated rings. The van der Waals surface area contributed by atoms with E-state index >= 15 is 4.39 Å². The number of halogens is 4. The number of benzene rings is 1. The molecule has 2 heterocycles. The lowest BCUT2D eigenvalue weighted by Crippen LogP contribution is -2.38. The molecule has 0 bridgehead atoms. The van der Waals surface area contributed by atoms with Crippen LogP contribution in [0.1, 0.15) is 61.9 Å². The quantitative estimate of drug-likeness (QED) is 0.422. The zero-order chi connectivity index (χ0) is 24.5. The number of nitrogens with zero attached hydrogens (tertiary/aromatic N) is 5. The molecule has 2 aliphatic carbocycles. The number of anilines is 2. The van der Waals surface area contributed by atoms with Gasteiger partial charge in [0, 0.05) is 24.5 Å². The highest BCUT2D eigenvalue weighted by Gasteiger charge is 2.38. The highest BCUT2D eigenvalue weighted by Crippen LogP contribution is 2.39. The number of aromatic amines is 1. The van der Waals surface area contributed by atoms with E-state index in [1.807, 2.05) is 4.90 Å².